The van der Waals surface area contributed by atoms with Crippen molar-refractivity contribution >= 4 is 12.0 Å². The number of carbonyl (C=O) groups is 1. The molecule has 0 spiro atoms. The first-order chi connectivity index (χ1) is 10.1. The molecule has 1 atom stereocenters. The predicted molar refractivity (Wildman–Crippen MR) is 76.2 cm³/mol. The Bertz CT molecular complexity index is 654. The quantitative estimate of drug-likeness (QED) is 0.835. The highest BCUT2D eigenvalue weighted by Gasteiger charge is 2.30. The highest BCUT2D eigenvalue weighted by atomic mass is 16.5. The van der Waals surface area contributed by atoms with Gasteiger partial charge in [-0.05, 0) is 24.6 Å². The van der Waals surface area contributed by atoms with Crippen LogP contribution in [0.2, 0.25) is 0 Å². The van der Waals surface area contributed by atoms with Crippen molar-refractivity contribution in [2.45, 2.75) is 13.0 Å². The van der Waals surface area contributed by atoms with Crippen LogP contribution < -0.4 is 5.32 Å². The van der Waals surface area contributed by atoms with Gasteiger partial charge in [0.05, 0.1) is 31.4 Å². The Morgan fingerprint density at radius 3 is 2.52 bits per heavy atom. The van der Waals surface area contributed by atoms with Crippen LogP contribution in [0.25, 0.3) is 0 Å². The molecule has 0 bridgehead atoms. The SMILES string of the molecule is COC(=O)C1=C(C)NC(OC)=NC1c1ccc(C#N)cc1. The number of nitriles is 1. The molecule has 2 rings (SSSR count). The molecule has 21 heavy (non-hydrogen) atoms. The Labute approximate surface area is 122 Å². The van der Waals surface area contributed by atoms with Crippen LogP contribution in [0.3, 0.4) is 0 Å². The number of methoxy groups -OCH3 is 2. The maximum atomic E-state index is 12.0. The molecule has 1 N–H and O–H groups in total. The number of esters is 1. The van der Waals surface area contributed by atoms with E-state index in [1.807, 2.05) is 0 Å². The molecule has 1 heterocycles. The number of rotatable bonds is 2. The highest BCUT2D eigenvalue weighted by Crippen LogP contribution is 2.31. The van der Waals surface area contributed by atoms with Crippen LogP contribution in [0.1, 0.15) is 24.1 Å². The number of nitrogens with one attached hydrogen (secondary N) is 1. The minimum atomic E-state index is -0.526. The largest absolute Gasteiger partial charge is 0.468 e. The monoisotopic (exact) mass is 285 g/mol. The number of nitrogens with zero attached hydrogens (tertiary/aromatic N) is 2. The molecule has 1 aromatic carbocycles. The lowest BCUT2D eigenvalue weighted by molar-refractivity contribution is -0.136. The van der Waals surface area contributed by atoms with Gasteiger partial charge in [0, 0.05) is 5.70 Å². The molecule has 108 valence electrons. The molecule has 0 amide bonds. The molecule has 0 fully saturated rings. The van der Waals surface area contributed by atoms with E-state index in [1.165, 1.54) is 14.2 Å². The minimum Gasteiger partial charge on any atom is -0.468 e. The molecule has 1 aromatic rings. The highest BCUT2D eigenvalue weighted by molar-refractivity contribution is 5.94. The van der Waals surface area contributed by atoms with Crippen molar-refractivity contribution in [2.24, 2.45) is 4.99 Å². The summed E-state index contributed by atoms with van der Waals surface area (Å²) in [6.07, 6.45) is 0. The molecule has 0 aliphatic carbocycles. The minimum absolute atomic E-state index is 0.328. The molecule has 6 nitrogen and oxygen atoms in total. The molecule has 0 radical (unpaired) electrons. The number of allylic oxidation sites excluding steroid dienone is 1. The number of hydrogen-bond donors (Lipinski definition) is 1. The van der Waals surface area contributed by atoms with Crippen molar-refractivity contribution in [1.29, 1.82) is 5.26 Å². The van der Waals surface area contributed by atoms with Crippen LogP contribution in [0.4, 0.5) is 0 Å². The summed E-state index contributed by atoms with van der Waals surface area (Å²) in [6, 6.07) is 8.76. The number of hydrogen-bond acceptors (Lipinski definition) is 6. The van der Waals surface area contributed by atoms with Crippen molar-refractivity contribution in [3.8, 4) is 6.07 Å². The molecule has 0 saturated carbocycles. The first-order valence-electron chi connectivity index (χ1n) is 6.28. The van der Waals surface area contributed by atoms with E-state index in [1.54, 1.807) is 31.2 Å². The van der Waals surface area contributed by atoms with Crippen LogP contribution in [-0.2, 0) is 14.3 Å². The molecule has 0 saturated heterocycles. The standard InChI is InChI=1S/C15H15N3O3/c1-9-12(14(19)20-2)13(18-15(17-9)21-3)11-6-4-10(8-16)5-7-11/h4-7,13H,1-3H3,(H,17,18). The van der Waals surface area contributed by atoms with E-state index in [0.29, 0.717) is 22.9 Å². The number of benzene rings is 1. The van der Waals surface area contributed by atoms with Crippen LogP contribution in [-0.4, -0.2) is 26.2 Å². The van der Waals surface area contributed by atoms with E-state index in [0.717, 1.165) is 5.56 Å². The predicted octanol–water partition coefficient (Wildman–Crippen LogP) is 1.65. The van der Waals surface area contributed by atoms with Gasteiger partial charge in [0.2, 0.25) is 0 Å². The fourth-order valence-corrected chi connectivity index (χ4v) is 2.11. The summed E-state index contributed by atoms with van der Waals surface area (Å²) in [6.45, 7) is 1.76. The summed E-state index contributed by atoms with van der Waals surface area (Å²) in [4.78, 5) is 16.4. The van der Waals surface area contributed by atoms with Crippen molar-refractivity contribution in [1.82, 2.24) is 5.32 Å². The smallest absolute Gasteiger partial charge is 0.338 e. The summed E-state index contributed by atoms with van der Waals surface area (Å²) in [7, 11) is 2.83. The van der Waals surface area contributed by atoms with Crippen molar-refractivity contribution in [2.75, 3.05) is 14.2 Å². The zero-order chi connectivity index (χ0) is 15.4. The average Bonchev–Trinajstić information content (AvgIpc) is 2.53. The molecule has 6 heteroatoms. The van der Waals surface area contributed by atoms with Crippen molar-refractivity contribution in [3.05, 3.63) is 46.7 Å². The molecule has 1 aliphatic rings. The number of ether oxygens (including phenoxy) is 2. The zero-order valence-electron chi connectivity index (χ0n) is 12.0. The topological polar surface area (TPSA) is 83.7 Å². The van der Waals surface area contributed by atoms with Crippen molar-refractivity contribution in [3.63, 3.8) is 0 Å². The summed E-state index contributed by atoms with van der Waals surface area (Å²) >= 11 is 0. The van der Waals surface area contributed by atoms with Gasteiger partial charge >= 0.3 is 5.97 Å². The average molecular weight is 285 g/mol. The zero-order valence-corrected chi connectivity index (χ0v) is 12.0. The van der Waals surface area contributed by atoms with Gasteiger partial charge in [-0.3, -0.25) is 0 Å². The summed E-state index contributed by atoms with van der Waals surface area (Å²) < 4.78 is 9.95. The van der Waals surface area contributed by atoms with E-state index in [4.69, 9.17) is 14.7 Å². The summed E-state index contributed by atoms with van der Waals surface area (Å²) in [5, 5.41) is 11.8. The van der Waals surface area contributed by atoms with Gasteiger partial charge in [-0.1, -0.05) is 12.1 Å². The molecular formula is C15H15N3O3. The third-order valence-electron chi connectivity index (χ3n) is 3.17. The molecule has 1 unspecified atom stereocenters. The molecular weight excluding hydrogens is 270 g/mol. The second kappa shape index (κ2) is 6.09. The fourth-order valence-electron chi connectivity index (χ4n) is 2.11. The Morgan fingerprint density at radius 2 is 2.00 bits per heavy atom. The Hall–Kier alpha value is -2.81. The summed E-state index contributed by atoms with van der Waals surface area (Å²) in [5.74, 6) is -0.451. The van der Waals surface area contributed by atoms with Gasteiger partial charge in [0.25, 0.3) is 6.02 Å². The number of carbonyl (C=O) groups excluding carboxylic acids is 1. The third kappa shape index (κ3) is 2.87. The van der Waals surface area contributed by atoms with Gasteiger partial charge in [-0.25, -0.2) is 9.79 Å². The van der Waals surface area contributed by atoms with E-state index < -0.39 is 12.0 Å². The Morgan fingerprint density at radius 1 is 1.33 bits per heavy atom. The van der Waals surface area contributed by atoms with Gasteiger partial charge in [0.1, 0.15) is 6.04 Å². The summed E-state index contributed by atoms with van der Waals surface area (Å²) in [5.41, 5.74) is 2.37. The van der Waals surface area contributed by atoms with Gasteiger partial charge in [-0.15, -0.1) is 0 Å². The second-order valence-electron chi connectivity index (χ2n) is 4.43. The van der Waals surface area contributed by atoms with E-state index in [-0.39, 0.29) is 0 Å². The maximum Gasteiger partial charge on any atom is 0.338 e. The normalized spacial score (nSPS) is 17.4. The van der Waals surface area contributed by atoms with Crippen LogP contribution in [0.5, 0.6) is 0 Å². The van der Waals surface area contributed by atoms with Gasteiger partial charge in [0.15, 0.2) is 0 Å². The molecule has 1 aliphatic heterocycles. The van der Waals surface area contributed by atoms with Crippen LogP contribution in [0, 0.1) is 11.3 Å². The fraction of sp³-hybridized carbons (Fsp3) is 0.267. The Kier molecular flexibility index (Phi) is 4.24. The first-order valence-corrected chi connectivity index (χ1v) is 6.28. The maximum absolute atomic E-state index is 12.0. The Balaban J connectivity index is 2.48. The third-order valence-corrected chi connectivity index (χ3v) is 3.17. The van der Waals surface area contributed by atoms with Crippen LogP contribution in [0.15, 0.2) is 40.5 Å². The second-order valence-corrected chi connectivity index (χ2v) is 4.43. The first kappa shape index (κ1) is 14.6. The molecule has 0 aromatic heterocycles. The van der Waals surface area contributed by atoms with E-state index >= 15 is 0 Å². The van der Waals surface area contributed by atoms with Gasteiger partial charge in [-0.2, -0.15) is 5.26 Å². The number of amidine groups is 1. The lowest BCUT2D eigenvalue weighted by atomic mass is 9.96. The van der Waals surface area contributed by atoms with Gasteiger partial charge < -0.3 is 14.8 Å². The van der Waals surface area contributed by atoms with Crippen molar-refractivity contribution < 1.29 is 14.3 Å². The van der Waals surface area contributed by atoms with E-state index in [2.05, 4.69) is 16.4 Å². The lowest BCUT2D eigenvalue weighted by Gasteiger charge is -2.24. The van der Waals surface area contributed by atoms with E-state index in [9.17, 15) is 4.79 Å². The lowest BCUT2D eigenvalue weighted by Crippen LogP contribution is -2.32. The number of aliphatic imine (C=N–C) groups is 1. The van der Waals surface area contributed by atoms with Crippen LogP contribution >= 0.6 is 0 Å².